The van der Waals surface area contributed by atoms with Gasteiger partial charge >= 0.3 is 0 Å². The van der Waals surface area contributed by atoms with Gasteiger partial charge in [0.15, 0.2) is 11.5 Å². The molecule has 2 heterocycles. The van der Waals surface area contributed by atoms with Crippen molar-refractivity contribution in [1.29, 1.82) is 0 Å². The van der Waals surface area contributed by atoms with Crippen molar-refractivity contribution in [2.75, 3.05) is 20.4 Å². The van der Waals surface area contributed by atoms with Crippen molar-refractivity contribution in [2.24, 2.45) is 0 Å². The van der Waals surface area contributed by atoms with Crippen molar-refractivity contribution in [2.45, 2.75) is 18.4 Å². The van der Waals surface area contributed by atoms with E-state index in [1.165, 1.54) is 17.7 Å². The molecule has 0 radical (unpaired) electrons. The molecule has 2 unspecified atom stereocenters. The zero-order valence-corrected chi connectivity index (χ0v) is 12.8. The van der Waals surface area contributed by atoms with Crippen molar-refractivity contribution >= 4 is 0 Å². The topological polar surface area (TPSA) is 39.7 Å². The van der Waals surface area contributed by atoms with Crippen molar-refractivity contribution in [3.63, 3.8) is 0 Å². The zero-order valence-electron chi connectivity index (χ0n) is 12.8. The predicted molar refractivity (Wildman–Crippen MR) is 83.6 cm³/mol. The van der Waals surface area contributed by atoms with Gasteiger partial charge in [0.1, 0.15) is 5.82 Å². The van der Waals surface area contributed by atoms with Crippen LogP contribution in [-0.4, -0.2) is 20.4 Å². The molecule has 2 atom stereocenters. The Hall–Kier alpha value is -2.27. The van der Waals surface area contributed by atoms with Crippen LogP contribution >= 0.6 is 0 Å². The van der Waals surface area contributed by atoms with Crippen LogP contribution in [-0.2, 0) is 0 Å². The largest absolute Gasteiger partial charge is 0.493 e. The van der Waals surface area contributed by atoms with Crippen LogP contribution < -0.4 is 19.5 Å². The molecule has 4 nitrogen and oxygen atoms in total. The lowest BCUT2D eigenvalue weighted by Crippen LogP contribution is -2.13. The molecule has 0 saturated carbocycles. The number of benzene rings is 2. The maximum Gasteiger partial charge on any atom is 0.231 e. The van der Waals surface area contributed by atoms with Gasteiger partial charge in [0, 0.05) is 12.6 Å². The molecule has 0 amide bonds. The molecule has 0 aliphatic carbocycles. The van der Waals surface area contributed by atoms with Crippen LogP contribution in [0.4, 0.5) is 4.39 Å². The molecule has 2 aromatic rings. The molecule has 0 aromatic heterocycles. The average Bonchev–Trinajstić information content (AvgIpc) is 3.23. The summed E-state index contributed by atoms with van der Waals surface area (Å²) >= 11 is 0. The van der Waals surface area contributed by atoms with Crippen molar-refractivity contribution in [3.8, 4) is 17.2 Å². The Morgan fingerprint density at radius 3 is 2.74 bits per heavy atom. The standard InChI is InChI=1S/C18H18FNO3/c1-21-16-7-12(8-17-18(16)23-10-22-17)13-6-15(20-9-13)11-2-4-14(19)5-3-11/h2-5,7-8,13,15,20H,6,9-10H2,1H3. The first-order chi connectivity index (χ1) is 11.2. The molecule has 2 aliphatic rings. The number of fused-ring (bicyclic) bond motifs is 1. The van der Waals surface area contributed by atoms with E-state index in [0.717, 1.165) is 24.3 Å². The van der Waals surface area contributed by atoms with Crippen LogP contribution in [0.5, 0.6) is 17.2 Å². The van der Waals surface area contributed by atoms with E-state index in [-0.39, 0.29) is 18.7 Å². The molecule has 0 spiro atoms. The van der Waals surface area contributed by atoms with Crippen molar-refractivity contribution in [1.82, 2.24) is 5.32 Å². The van der Waals surface area contributed by atoms with Crippen molar-refractivity contribution in [3.05, 3.63) is 53.3 Å². The Morgan fingerprint density at radius 1 is 1.13 bits per heavy atom. The van der Waals surface area contributed by atoms with Gasteiger partial charge in [-0.05, 0) is 47.7 Å². The molecule has 5 heteroatoms. The van der Waals surface area contributed by atoms with Gasteiger partial charge in [0.25, 0.3) is 0 Å². The van der Waals surface area contributed by atoms with Gasteiger partial charge in [-0.1, -0.05) is 12.1 Å². The summed E-state index contributed by atoms with van der Waals surface area (Å²) in [5, 5.41) is 3.51. The third-order valence-electron chi connectivity index (χ3n) is 4.56. The van der Waals surface area contributed by atoms with E-state index in [1.807, 2.05) is 24.3 Å². The van der Waals surface area contributed by atoms with Crippen LogP contribution in [0.3, 0.4) is 0 Å². The van der Waals surface area contributed by atoms with Gasteiger partial charge in [-0.3, -0.25) is 0 Å². The first kappa shape index (κ1) is 14.3. The highest BCUT2D eigenvalue weighted by Gasteiger charge is 2.29. The summed E-state index contributed by atoms with van der Waals surface area (Å²) in [6.07, 6.45) is 0.953. The van der Waals surface area contributed by atoms with Gasteiger partial charge in [-0.25, -0.2) is 4.39 Å². The number of ether oxygens (including phenoxy) is 3. The maximum atomic E-state index is 13.1. The first-order valence-corrected chi connectivity index (χ1v) is 7.71. The average molecular weight is 315 g/mol. The van der Waals surface area contributed by atoms with E-state index in [2.05, 4.69) is 5.32 Å². The molecule has 1 N–H and O–H groups in total. The van der Waals surface area contributed by atoms with Crippen LogP contribution in [0.1, 0.15) is 29.5 Å². The third-order valence-corrected chi connectivity index (χ3v) is 4.56. The van der Waals surface area contributed by atoms with Gasteiger partial charge in [0.05, 0.1) is 7.11 Å². The minimum atomic E-state index is -0.205. The Bertz CT molecular complexity index is 717. The molecular formula is C18H18FNO3. The highest BCUT2D eigenvalue weighted by atomic mass is 19.1. The molecule has 2 aromatic carbocycles. The smallest absolute Gasteiger partial charge is 0.231 e. The van der Waals surface area contributed by atoms with E-state index in [9.17, 15) is 4.39 Å². The summed E-state index contributed by atoms with van der Waals surface area (Å²) in [6, 6.07) is 11.0. The summed E-state index contributed by atoms with van der Waals surface area (Å²) in [6.45, 7) is 1.10. The predicted octanol–water partition coefficient (Wildman–Crippen LogP) is 3.38. The summed E-state index contributed by atoms with van der Waals surface area (Å²) in [5.74, 6) is 2.28. The fraction of sp³-hybridized carbons (Fsp3) is 0.333. The summed E-state index contributed by atoms with van der Waals surface area (Å²) in [4.78, 5) is 0. The second-order valence-electron chi connectivity index (χ2n) is 5.90. The van der Waals surface area contributed by atoms with Crippen LogP contribution in [0, 0.1) is 5.82 Å². The SMILES string of the molecule is COc1cc(C2CNC(c3ccc(F)cc3)C2)cc2c1OCO2. The number of methoxy groups -OCH3 is 1. The molecule has 2 aliphatic heterocycles. The fourth-order valence-corrected chi connectivity index (χ4v) is 3.32. The quantitative estimate of drug-likeness (QED) is 0.942. The molecule has 120 valence electrons. The van der Waals surface area contributed by atoms with Crippen LogP contribution in [0.2, 0.25) is 0 Å². The monoisotopic (exact) mass is 315 g/mol. The molecule has 0 bridgehead atoms. The Balaban J connectivity index is 1.57. The van der Waals surface area contributed by atoms with E-state index < -0.39 is 0 Å². The second kappa shape index (κ2) is 5.74. The van der Waals surface area contributed by atoms with E-state index in [0.29, 0.717) is 17.4 Å². The van der Waals surface area contributed by atoms with Gasteiger partial charge in [-0.2, -0.15) is 0 Å². The van der Waals surface area contributed by atoms with E-state index in [1.54, 1.807) is 7.11 Å². The number of hydrogen-bond acceptors (Lipinski definition) is 4. The molecule has 23 heavy (non-hydrogen) atoms. The second-order valence-corrected chi connectivity index (χ2v) is 5.90. The third kappa shape index (κ3) is 2.61. The Morgan fingerprint density at radius 2 is 1.96 bits per heavy atom. The highest BCUT2D eigenvalue weighted by molar-refractivity contribution is 5.56. The minimum absolute atomic E-state index is 0.205. The molecular weight excluding hydrogens is 297 g/mol. The lowest BCUT2D eigenvalue weighted by molar-refractivity contribution is 0.171. The van der Waals surface area contributed by atoms with Crippen molar-refractivity contribution < 1.29 is 18.6 Å². The van der Waals surface area contributed by atoms with Gasteiger partial charge in [-0.15, -0.1) is 0 Å². The lowest BCUT2D eigenvalue weighted by atomic mass is 9.93. The number of halogens is 1. The van der Waals surface area contributed by atoms with E-state index >= 15 is 0 Å². The van der Waals surface area contributed by atoms with E-state index in [4.69, 9.17) is 14.2 Å². The number of hydrogen-bond donors (Lipinski definition) is 1. The van der Waals surface area contributed by atoms with Gasteiger partial charge in [0.2, 0.25) is 12.5 Å². The first-order valence-electron chi connectivity index (χ1n) is 7.71. The Labute approximate surface area is 134 Å². The summed E-state index contributed by atoms with van der Waals surface area (Å²) in [7, 11) is 1.63. The molecule has 1 fully saturated rings. The van der Waals surface area contributed by atoms with Crippen LogP contribution in [0.25, 0.3) is 0 Å². The van der Waals surface area contributed by atoms with Crippen LogP contribution in [0.15, 0.2) is 36.4 Å². The maximum absolute atomic E-state index is 13.1. The normalized spacial score (nSPS) is 22.3. The summed E-state index contributed by atoms with van der Waals surface area (Å²) in [5.41, 5.74) is 2.28. The Kier molecular flexibility index (Phi) is 3.58. The molecule has 4 rings (SSSR count). The number of nitrogens with one attached hydrogen (secondary N) is 1. The lowest BCUT2D eigenvalue weighted by Gasteiger charge is -2.13. The molecule has 1 saturated heterocycles. The van der Waals surface area contributed by atoms with Gasteiger partial charge < -0.3 is 19.5 Å². The zero-order chi connectivity index (χ0) is 15.8. The highest BCUT2D eigenvalue weighted by Crippen LogP contribution is 2.45. The number of rotatable bonds is 3. The minimum Gasteiger partial charge on any atom is -0.493 e. The summed E-state index contributed by atoms with van der Waals surface area (Å²) < 4.78 is 29.4. The fourth-order valence-electron chi connectivity index (χ4n) is 3.32.